The van der Waals surface area contributed by atoms with Crippen molar-refractivity contribution in [2.75, 3.05) is 5.32 Å². The first kappa shape index (κ1) is 22.0. The van der Waals surface area contributed by atoms with E-state index in [-0.39, 0.29) is 11.5 Å². The zero-order valence-electron chi connectivity index (χ0n) is 18.6. The lowest BCUT2D eigenvalue weighted by molar-refractivity contribution is -0.118. The van der Waals surface area contributed by atoms with Crippen LogP contribution < -0.4 is 10.9 Å². The smallest absolute Gasteiger partial charge is 0.252 e. The van der Waals surface area contributed by atoms with Gasteiger partial charge < -0.3 is 10.3 Å². The molecule has 1 atom stereocenters. The Hall–Kier alpha value is -2.77. The predicted molar refractivity (Wildman–Crippen MR) is 137 cm³/mol. The number of nitrogens with zero attached hydrogens (tertiary/aromatic N) is 1. The molecule has 0 bridgehead atoms. The summed E-state index contributed by atoms with van der Waals surface area (Å²) in [5.41, 5.74) is 2.07. The minimum atomic E-state index is -0.526. The molecule has 5 rings (SSSR count). The highest BCUT2D eigenvalue weighted by Crippen LogP contribution is 2.40. The number of fused-ring (bicyclic) bond motifs is 1. The molecule has 33 heavy (non-hydrogen) atoms. The van der Waals surface area contributed by atoms with Gasteiger partial charge in [-0.05, 0) is 42.8 Å². The Morgan fingerprint density at radius 1 is 1.21 bits per heavy atom. The average molecular weight is 478 g/mol. The standard InChI is InChI=1S/C26H27N3O2S2/c1-16-13-19(22-15-18-9-5-6-10-21(18)33-22)23(25(31)28-16)20(14-17-7-3-2-4-8-17)24(30)29-26-27-11-12-32-26/h5-6,9-13,15,17,20H,2-4,7-8,14H2,1H3,(H,28,31)(H,27,29,30)/t20-/m0/s1. The lowest BCUT2D eigenvalue weighted by Crippen LogP contribution is -2.30. The Bertz CT molecular complexity index is 1280. The Morgan fingerprint density at radius 2 is 2.03 bits per heavy atom. The average Bonchev–Trinajstić information content (AvgIpc) is 3.48. The van der Waals surface area contributed by atoms with Crippen molar-refractivity contribution in [3.8, 4) is 10.4 Å². The molecule has 2 N–H and O–H groups in total. The second-order valence-electron chi connectivity index (χ2n) is 8.88. The van der Waals surface area contributed by atoms with Gasteiger partial charge in [-0.3, -0.25) is 9.59 Å². The fraction of sp³-hybridized carbons (Fsp3) is 0.346. The molecule has 170 valence electrons. The first-order valence-corrected chi connectivity index (χ1v) is 13.2. The fourth-order valence-electron chi connectivity index (χ4n) is 4.95. The molecule has 1 aliphatic rings. The molecule has 0 unspecified atom stereocenters. The van der Waals surface area contributed by atoms with Gasteiger partial charge in [0.2, 0.25) is 5.91 Å². The van der Waals surface area contributed by atoms with E-state index < -0.39 is 5.92 Å². The Morgan fingerprint density at radius 3 is 2.79 bits per heavy atom. The summed E-state index contributed by atoms with van der Waals surface area (Å²) in [6.45, 7) is 1.90. The third kappa shape index (κ3) is 4.80. The number of aromatic nitrogens is 2. The van der Waals surface area contributed by atoms with Crippen LogP contribution in [0.15, 0.2) is 52.8 Å². The Kier molecular flexibility index (Phi) is 6.42. The normalized spacial score (nSPS) is 15.5. The molecule has 4 aromatic rings. The number of benzene rings is 1. The van der Waals surface area contributed by atoms with Crippen molar-refractivity contribution >= 4 is 43.8 Å². The van der Waals surface area contributed by atoms with Gasteiger partial charge in [-0.15, -0.1) is 22.7 Å². The van der Waals surface area contributed by atoms with Crippen molar-refractivity contribution in [1.29, 1.82) is 0 Å². The first-order valence-electron chi connectivity index (χ1n) is 11.5. The number of thiophene rings is 1. The first-order chi connectivity index (χ1) is 16.1. The number of carbonyl (C=O) groups is 1. The van der Waals surface area contributed by atoms with Crippen LogP contribution in [0, 0.1) is 12.8 Å². The second-order valence-corrected chi connectivity index (χ2v) is 10.9. The van der Waals surface area contributed by atoms with Crippen molar-refractivity contribution in [1.82, 2.24) is 9.97 Å². The van der Waals surface area contributed by atoms with Crippen LogP contribution in [-0.4, -0.2) is 15.9 Å². The van der Waals surface area contributed by atoms with E-state index in [1.165, 1.54) is 35.3 Å². The molecule has 3 aromatic heterocycles. The highest BCUT2D eigenvalue weighted by atomic mass is 32.1. The van der Waals surface area contributed by atoms with Gasteiger partial charge in [0, 0.05) is 38.0 Å². The van der Waals surface area contributed by atoms with Gasteiger partial charge in [0.25, 0.3) is 5.56 Å². The van der Waals surface area contributed by atoms with E-state index in [2.05, 4.69) is 33.5 Å². The number of anilines is 1. The summed E-state index contributed by atoms with van der Waals surface area (Å²) in [5.74, 6) is -0.226. The molecule has 5 nitrogen and oxygen atoms in total. The number of aromatic amines is 1. The maximum absolute atomic E-state index is 13.6. The summed E-state index contributed by atoms with van der Waals surface area (Å²) in [6.07, 6.45) is 8.23. The quantitative estimate of drug-likeness (QED) is 0.324. The van der Waals surface area contributed by atoms with Crippen molar-refractivity contribution in [2.24, 2.45) is 5.92 Å². The van der Waals surface area contributed by atoms with Crippen molar-refractivity contribution in [2.45, 2.75) is 51.4 Å². The van der Waals surface area contributed by atoms with Gasteiger partial charge in [-0.2, -0.15) is 0 Å². The number of amides is 1. The monoisotopic (exact) mass is 477 g/mol. The number of H-pyrrole nitrogens is 1. The SMILES string of the molecule is Cc1cc(-c2cc3ccccc3s2)c([C@H](CC2CCCCC2)C(=O)Nc2nccs2)c(=O)[nH]1. The minimum Gasteiger partial charge on any atom is -0.326 e. The molecule has 0 saturated heterocycles. The highest BCUT2D eigenvalue weighted by Gasteiger charge is 2.31. The number of rotatable bonds is 6. The molecule has 1 amide bonds. The molecule has 1 saturated carbocycles. The number of hydrogen-bond acceptors (Lipinski definition) is 5. The van der Waals surface area contributed by atoms with Crippen LogP contribution in [0.5, 0.6) is 0 Å². The summed E-state index contributed by atoms with van der Waals surface area (Å²) < 4.78 is 1.17. The number of nitrogens with one attached hydrogen (secondary N) is 2. The van der Waals surface area contributed by atoms with E-state index in [0.717, 1.165) is 34.4 Å². The molecular formula is C26H27N3O2S2. The Labute approximate surface area is 200 Å². The summed E-state index contributed by atoms with van der Waals surface area (Å²) >= 11 is 3.06. The van der Waals surface area contributed by atoms with Gasteiger partial charge in [-0.25, -0.2) is 4.98 Å². The van der Waals surface area contributed by atoms with Crippen LogP contribution in [0.2, 0.25) is 0 Å². The van der Waals surface area contributed by atoms with Crippen LogP contribution in [0.1, 0.15) is 55.7 Å². The van der Waals surface area contributed by atoms with E-state index in [1.807, 2.05) is 30.5 Å². The lowest BCUT2D eigenvalue weighted by Gasteiger charge is -2.26. The van der Waals surface area contributed by atoms with Gasteiger partial charge in [0.05, 0.1) is 5.92 Å². The third-order valence-electron chi connectivity index (χ3n) is 6.52. The molecule has 0 spiro atoms. The molecule has 0 aliphatic heterocycles. The molecule has 3 heterocycles. The molecule has 7 heteroatoms. The zero-order chi connectivity index (χ0) is 22.8. The van der Waals surface area contributed by atoms with Crippen LogP contribution >= 0.6 is 22.7 Å². The van der Waals surface area contributed by atoms with Gasteiger partial charge in [-0.1, -0.05) is 50.3 Å². The molecule has 1 fully saturated rings. The summed E-state index contributed by atoms with van der Waals surface area (Å²) in [4.78, 5) is 35.2. The van der Waals surface area contributed by atoms with Crippen molar-refractivity contribution < 1.29 is 4.79 Å². The molecular weight excluding hydrogens is 450 g/mol. The predicted octanol–water partition coefficient (Wildman–Crippen LogP) is 6.71. The summed E-state index contributed by atoms with van der Waals surface area (Å²) in [5, 5.41) is 6.54. The van der Waals surface area contributed by atoms with E-state index in [1.54, 1.807) is 17.5 Å². The van der Waals surface area contributed by atoms with E-state index in [9.17, 15) is 9.59 Å². The highest BCUT2D eigenvalue weighted by molar-refractivity contribution is 7.22. The van der Waals surface area contributed by atoms with Crippen molar-refractivity contribution in [3.05, 3.63) is 69.6 Å². The van der Waals surface area contributed by atoms with E-state index >= 15 is 0 Å². The van der Waals surface area contributed by atoms with E-state index in [0.29, 0.717) is 23.0 Å². The summed E-state index contributed by atoms with van der Waals surface area (Å²) in [7, 11) is 0. The minimum absolute atomic E-state index is 0.146. The number of pyridine rings is 1. The number of carbonyl (C=O) groups excluding carboxylic acids is 1. The molecule has 1 aromatic carbocycles. The maximum Gasteiger partial charge on any atom is 0.252 e. The number of thiazole rings is 1. The number of hydrogen-bond donors (Lipinski definition) is 2. The largest absolute Gasteiger partial charge is 0.326 e. The Balaban J connectivity index is 1.61. The third-order valence-corrected chi connectivity index (χ3v) is 8.36. The van der Waals surface area contributed by atoms with Gasteiger partial charge in [0.1, 0.15) is 0 Å². The van der Waals surface area contributed by atoms with Crippen molar-refractivity contribution in [3.63, 3.8) is 0 Å². The molecule has 0 radical (unpaired) electrons. The summed E-state index contributed by atoms with van der Waals surface area (Å²) in [6, 6.07) is 12.4. The fourth-order valence-corrected chi connectivity index (χ4v) is 6.58. The lowest BCUT2D eigenvalue weighted by atomic mass is 9.79. The van der Waals surface area contributed by atoms with Crippen LogP contribution in [0.3, 0.4) is 0 Å². The van der Waals surface area contributed by atoms with Crippen LogP contribution in [-0.2, 0) is 4.79 Å². The topological polar surface area (TPSA) is 74.8 Å². The maximum atomic E-state index is 13.6. The number of aryl methyl sites for hydroxylation is 1. The van der Waals surface area contributed by atoms with Crippen LogP contribution in [0.25, 0.3) is 20.5 Å². The van der Waals surface area contributed by atoms with Crippen LogP contribution in [0.4, 0.5) is 5.13 Å². The molecule has 1 aliphatic carbocycles. The zero-order valence-corrected chi connectivity index (χ0v) is 20.2. The van der Waals surface area contributed by atoms with E-state index in [4.69, 9.17) is 0 Å². The second kappa shape index (κ2) is 9.61. The van der Waals surface area contributed by atoms with Gasteiger partial charge in [0.15, 0.2) is 5.13 Å². The van der Waals surface area contributed by atoms with Gasteiger partial charge >= 0.3 is 0 Å².